The number of methoxy groups -OCH3 is 1. The number of benzene rings is 1. The molecule has 0 atom stereocenters. The summed E-state index contributed by atoms with van der Waals surface area (Å²) >= 11 is 3.37. The Morgan fingerprint density at radius 2 is 2.05 bits per heavy atom. The highest BCUT2D eigenvalue weighted by atomic mass is 79.9. The van der Waals surface area contributed by atoms with Gasteiger partial charge < -0.3 is 4.74 Å². The summed E-state index contributed by atoms with van der Waals surface area (Å²) in [6, 6.07) is 7.43. The van der Waals surface area contributed by atoms with Gasteiger partial charge in [0.05, 0.1) is 12.8 Å². The molecule has 0 fully saturated rings. The first-order chi connectivity index (χ1) is 9.04. The zero-order chi connectivity index (χ0) is 14.0. The van der Waals surface area contributed by atoms with Crippen molar-refractivity contribution in [3.63, 3.8) is 0 Å². The standard InChI is InChI=1S/C14H17BrN2O2/c1-9(2)8-10-13(15)14(18)17(16-10)11-6-4-5-7-12(11)19-3/h4-7,9,16H,8H2,1-3H3. The van der Waals surface area contributed by atoms with Crippen LogP contribution in [0, 0.1) is 5.92 Å². The second kappa shape index (κ2) is 5.65. The molecular formula is C14H17BrN2O2. The van der Waals surface area contributed by atoms with Crippen molar-refractivity contribution in [2.24, 2.45) is 5.92 Å². The van der Waals surface area contributed by atoms with Gasteiger partial charge in [-0.25, -0.2) is 4.68 Å². The van der Waals surface area contributed by atoms with E-state index < -0.39 is 0 Å². The molecule has 0 aliphatic rings. The van der Waals surface area contributed by atoms with E-state index >= 15 is 0 Å². The minimum atomic E-state index is -0.0971. The maximum absolute atomic E-state index is 12.3. The fraction of sp³-hybridized carbons (Fsp3) is 0.357. The van der Waals surface area contributed by atoms with Gasteiger partial charge in [-0.1, -0.05) is 26.0 Å². The first kappa shape index (κ1) is 13.9. The quantitative estimate of drug-likeness (QED) is 0.939. The number of hydrogen-bond donors (Lipinski definition) is 1. The topological polar surface area (TPSA) is 47.0 Å². The molecule has 0 unspecified atom stereocenters. The molecule has 0 aliphatic heterocycles. The van der Waals surface area contributed by atoms with E-state index in [4.69, 9.17) is 4.74 Å². The van der Waals surface area contributed by atoms with Crippen LogP contribution in [0.25, 0.3) is 5.69 Å². The Morgan fingerprint density at radius 1 is 1.37 bits per heavy atom. The molecule has 4 nitrogen and oxygen atoms in total. The normalized spacial score (nSPS) is 11.0. The van der Waals surface area contributed by atoms with Crippen molar-refractivity contribution in [3.8, 4) is 11.4 Å². The third-order valence-electron chi connectivity index (χ3n) is 2.84. The first-order valence-electron chi connectivity index (χ1n) is 6.17. The molecule has 0 radical (unpaired) electrons. The maximum Gasteiger partial charge on any atom is 0.285 e. The summed E-state index contributed by atoms with van der Waals surface area (Å²) in [7, 11) is 1.59. The summed E-state index contributed by atoms with van der Waals surface area (Å²) in [5, 5.41) is 3.15. The molecule has 102 valence electrons. The maximum atomic E-state index is 12.3. The summed E-state index contributed by atoms with van der Waals surface area (Å²) < 4.78 is 7.39. The lowest BCUT2D eigenvalue weighted by Gasteiger charge is -2.08. The SMILES string of the molecule is COc1ccccc1-n1[nH]c(CC(C)C)c(Br)c1=O. The molecule has 0 aliphatic carbocycles. The van der Waals surface area contributed by atoms with Crippen LogP contribution in [0.3, 0.4) is 0 Å². The second-order valence-electron chi connectivity index (χ2n) is 4.81. The van der Waals surface area contributed by atoms with Crippen molar-refractivity contribution >= 4 is 15.9 Å². The number of halogens is 1. The average molecular weight is 325 g/mol. The van der Waals surface area contributed by atoms with Crippen molar-refractivity contribution < 1.29 is 4.74 Å². The molecule has 1 aromatic heterocycles. The van der Waals surface area contributed by atoms with Crippen LogP contribution >= 0.6 is 15.9 Å². The average Bonchev–Trinajstić information content (AvgIpc) is 2.66. The molecule has 0 amide bonds. The van der Waals surface area contributed by atoms with Crippen LogP contribution < -0.4 is 10.3 Å². The number of nitrogens with one attached hydrogen (secondary N) is 1. The predicted molar refractivity (Wildman–Crippen MR) is 79.2 cm³/mol. The highest BCUT2D eigenvalue weighted by Crippen LogP contribution is 2.22. The highest BCUT2D eigenvalue weighted by Gasteiger charge is 2.15. The van der Waals surface area contributed by atoms with Crippen LogP contribution in [0.5, 0.6) is 5.75 Å². The molecule has 5 heteroatoms. The molecule has 2 aromatic rings. The van der Waals surface area contributed by atoms with E-state index in [-0.39, 0.29) is 5.56 Å². The summed E-state index contributed by atoms with van der Waals surface area (Å²) in [6.45, 7) is 4.23. The van der Waals surface area contributed by atoms with Gasteiger partial charge in [0.15, 0.2) is 0 Å². The molecule has 0 saturated carbocycles. The van der Waals surface area contributed by atoms with Crippen molar-refractivity contribution in [3.05, 3.63) is 44.8 Å². The largest absolute Gasteiger partial charge is 0.494 e. The minimum Gasteiger partial charge on any atom is -0.494 e. The Balaban J connectivity index is 2.54. The van der Waals surface area contributed by atoms with Gasteiger partial charge in [-0.3, -0.25) is 9.89 Å². The van der Waals surface area contributed by atoms with Crippen molar-refractivity contribution in [2.45, 2.75) is 20.3 Å². The summed E-state index contributed by atoms with van der Waals surface area (Å²) in [4.78, 5) is 12.3. The van der Waals surface area contributed by atoms with E-state index in [1.807, 2.05) is 24.3 Å². The van der Waals surface area contributed by atoms with Gasteiger partial charge in [0.1, 0.15) is 15.9 Å². The minimum absolute atomic E-state index is 0.0971. The molecule has 2 rings (SSSR count). The van der Waals surface area contributed by atoms with Gasteiger partial charge in [-0.05, 0) is 40.4 Å². The number of aromatic nitrogens is 2. The van der Waals surface area contributed by atoms with Crippen LogP contribution in [0.2, 0.25) is 0 Å². The predicted octanol–water partition coefficient (Wildman–Crippen LogP) is 3.14. The molecule has 19 heavy (non-hydrogen) atoms. The second-order valence-corrected chi connectivity index (χ2v) is 5.61. The lowest BCUT2D eigenvalue weighted by molar-refractivity contribution is 0.411. The smallest absolute Gasteiger partial charge is 0.285 e. The molecule has 0 bridgehead atoms. The van der Waals surface area contributed by atoms with Crippen LogP contribution in [-0.2, 0) is 6.42 Å². The van der Waals surface area contributed by atoms with Crippen LogP contribution in [0.4, 0.5) is 0 Å². The van der Waals surface area contributed by atoms with Gasteiger partial charge in [0, 0.05) is 0 Å². The lowest BCUT2D eigenvalue weighted by Crippen LogP contribution is -2.15. The summed E-state index contributed by atoms with van der Waals surface area (Å²) in [5.41, 5.74) is 1.52. The molecule has 0 spiro atoms. The third-order valence-corrected chi connectivity index (χ3v) is 3.66. The Kier molecular flexibility index (Phi) is 4.14. The Labute approximate surface area is 120 Å². The fourth-order valence-corrected chi connectivity index (χ4v) is 2.42. The number of para-hydroxylation sites is 2. The Morgan fingerprint density at radius 3 is 2.68 bits per heavy atom. The monoisotopic (exact) mass is 324 g/mol. The van der Waals surface area contributed by atoms with Gasteiger partial charge in [0.25, 0.3) is 5.56 Å². The molecule has 1 N–H and O–H groups in total. The molecule has 1 heterocycles. The first-order valence-corrected chi connectivity index (χ1v) is 6.96. The van der Waals surface area contributed by atoms with E-state index in [1.54, 1.807) is 7.11 Å². The molecular weight excluding hydrogens is 308 g/mol. The van der Waals surface area contributed by atoms with Crippen LogP contribution in [0.1, 0.15) is 19.5 Å². The van der Waals surface area contributed by atoms with Gasteiger partial charge in [-0.15, -0.1) is 0 Å². The van der Waals surface area contributed by atoms with Gasteiger partial charge >= 0.3 is 0 Å². The number of ether oxygens (including phenoxy) is 1. The Bertz CT molecular complexity index is 629. The zero-order valence-corrected chi connectivity index (χ0v) is 12.8. The van der Waals surface area contributed by atoms with E-state index in [2.05, 4.69) is 34.9 Å². The third kappa shape index (κ3) is 2.76. The lowest BCUT2D eigenvalue weighted by atomic mass is 10.1. The van der Waals surface area contributed by atoms with E-state index in [0.717, 1.165) is 12.1 Å². The number of nitrogens with zero attached hydrogens (tertiary/aromatic N) is 1. The van der Waals surface area contributed by atoms with Crippen LogP contribution in [-0.4, -0.2) is 16.9 Å². The molecule has 1 aromatic carbocycles. The van der Waals surface area contributed by atoms with Crippen molar-refractivity contribution in [1.29, 1.82) is 0 Å². The van der Waals surface area contributed by atoms with Crippen molar-refractivity contribution in [1.82, 2.24) is 9.78 Å². The van der Waals surface area contributed by atoms with Crippen molar-refractivity contribution in [2.75, 3.05) is 7.11 Å². The number of rotatable bonds is 4. The number of hydrogen-bond acceptors (Lipinski definition) is 2. The fourth-order valence-electron chi connectivity index (χ4n) is 1.99. The van der Waals surface area contributed by atoms with Gasteiger partial charge in [-0.2, -0.15) is 0 Å². The van der Waals surface area contributed by atoms with E-state index in [9.17, 15) is 4.79 Å². The Hall–Kier alpha value is -1.49. The number of H-pyrrole nitrogens is 1. The van der Waals surface area contributed by atoms with Crippen LogP contribution in [0.15, 0.2) is 33.5 Å². The summed E-state index contributed by atoms with van der Waals surface area (Å²) in [6.07, 6.45) is 0.817. The summed E-state index contributed by atoms with van der Waals surface area (Å²) in [5.74, 6) is 1.13. The van der Waals surface area contributed by atoms with E-state index in [1.165, 1.54) is 4.68 Å². The van der Waals surface area contributed by atoms with Gasteiger partial charge in [0.2, 0.25) is 0 Å². The van der Waals surface area contributed by atoms with E-state index in [0.29, 0.717) is 21.8 Å². The molecule has 0 saturated heterocycles. The highest BCUT2D eigenvalue weighted by molar-refractivity contribution is 9.10. The number of aromatic amines is 1. The zero-order valence-electron chi connectivity index (χ0n) is 11.2.